The molecule has 0 unspecified atom stereocenters. The molecule has 3 N–H and O–H groups in total. The van der Waals surface area contributed by atoms with Gasteiger partial charge in [0.15, 0.2) is 0 Å². The van der Waals surface area contributed by atoms with E-state index in [0.29, 0.717) is 33.9 Å². The number of hydrogen-bond acceptors (Lipinski definition) is 5. The summed E-state index contributed by atoms with van der Waals surface area (Å²) >= 11 is 0. The van der Waals surface area contributed by atoms with E-state index in [9.17, 15) is 9.90 Å². The van der Waals surface area contributed by atoms with Crippen molar-refractivity contribution in [2.75, 3.05) is 12.8 Å². The second kappa shape index (κ2) is 4.86. The summed E-state index contributed by atoms with van der Waals surface area (Å²) in [4.78, 5) is 11.9. The number of phenols is 1. The Morgan fingerprint density at radius 1 is 1.29 bits per heavy atom. The Balaban J connectivity index is 2.17. The van der Waals surface area contributed by atoms with E-state index in [1.54, 1.807) is 30.3 Å². The number of cyclic esters (lactones) is 1. The molecule has 0 spiro atoms. The second-order valence-corrected chi connectivity index (χ2v) is 4.59. The average molecular weight is 283 g/mol. The maximum absolute atomic E-state index is 11.9. The van der Waals surface area contributed by atoms with Crippen LogP contribution in [0, 0.1) is 0 Å². The van der Waals surface area contributed by atoms with Crippen LogP contribution in [0.4, 0.5) is 5.69 Å². The highest BCUT2D eigenvalue weighted by Crippen LogP contribution is 2.38. The van der Waals surface area contributed by atoms with Crippen molar-refractivity contribution in [3.05, 3.63) is 53.1 Å². The van der Waals surface area contributed by atoms with Crippen LogP contribution >= 0.6 is 0 Å². The van der Waals surface area contributed by atoms with Gasteiger partial charge in [0.1, 0.15) is 17.3 Å². The van der Waals surface area contributed by atoms with Gasteiger partial charge >= 0.3 is 5.97 Å². The van der Waals surface area contributed by atoms with Crippen molar-refractivity contribution in [2.45, 2.75) is 0 Å². The number of nitrogen functional groups attached to an aromatic ring is 1. The number of fused-ring (bicyclic) bond motifs is 1. The van der Waals surface area contributed by atoms with E-state index in [4.69, 9.17) is 15.2 Å². The lowest BCUT2D eigenvalue weighted by molar-refractivity contribution is 0.0717. The Labute approximate surface area is 121 Å². The minimum atomic E-state index is -0.436. The van der Waals surface area contributed by atoms with Crippen LogP contribution in [0.15, 0.2) is 36.4 Å². The molecule has 5 heteroatoms. The minimum absolute atomic E-state index is 0.0839. The first-order chi connectivity index (χ1) is 10.1. The molecule has 0 aliphatic carbocycles. The molecule has 21 heavy (non-hydrogen) atoms. The highest BCUT2D eigenvalue weighted by Gasteiger charge is 2.29. The third-order valence-electron chi connectivity index (χ3n) is 3.27. The monoisotopic (exact) mass is 283 g/mol. The van der Waals surface area contributed by atoms with E-state index in [-0.39, 0.29) is 5.75 Å². The lowest BCUT2D eigenvalue weighted by Gasteiger charge is -2.07. The smallest absolute Gasteiger partial charge is 0.344 e. The van der Waals surface area contributed by atoms with Gasteiger partial charge < -0.3 is 20.3 Å². The molecule has 3 rings (SSSR count). The van der Waals surface area contributed by atoms with Gasteiger partial charge in [-0.25, -0.2) is 4.79 Å². The van der Waals surface area contributed by atoms with Gasteiger partial charge in [0.25, 0.3) is 0 Å². The Bertz CT molecular complexity index is 765. The molecule has 1 aliphatic heterocycles. The first kappa shape index (κ1) is 13.1. The van der Waals surface area contributed by atoms with Crippen LogP contribution in [-0.2, 0) is 4.74 Å². The molecular weight excluding hydrogens is 270 g/mol. The highest BCUT2D eigenvalue weighted by molar-refractivity contribution is 6.07. The number of ether oxygens (including phenoxy) is 2. The number of nitrogens with two attached hydrogens (primary N) is 1. The number of benzene rings is 2. The average Bonchev–Trinajstić information content (AvgIpc) is 2.80. The summed E-state index contributed by atoms with van der Waals surface area (Å²) in [7, 11) is 1.53. The van der Waals surface area contributed by atoms with E-state index in [1.807, 2.05) is 0 Å². The normalized spacial score (nSPS) is 14.9. The van der Waals surface area contributed by atoms with E-state index in [2.05, 4.69) is 0 Å². The molecule has 0 radical (unpaired) electrons. The van der Waals surface area contributed by atoms with Gasteiger partial charge in [0.2, 0.25) is 0 Å². The predicted molar refractivity (Wildman–Crippen MR) is 78.8 cm³/mol. The first-order valence-electron chi connectivity index (χ1n) is 6.30. The maximum Gasteiger partial charge on any atom is 0.344 e. The molecule has 2 aromatic carbocycles. The fourth-order valence-electron chi connectivity index (χ4n) is 2.26. The number of hydrogen-bond donors (Lipinski definition) is 2. The zero-order chi connectivity index (χ0) is 15.0. The fourth-order valence-corrected chi connectivity index (χ4v) is 2.26. The Morgan fingerprint density at radius 2 is 2.10 bits per heavy atom. The molecule has 0 saturated heterocycles. The van der Waals surface area contributed by atoms with Gasteiger partial charge in [-0.05, 0) is 36.4 Å². The van der Waals surface area contributed by atoms with E-state index in [0.717, 1.165) is 0 Å². The van der Waals surface area contributed by atoms with Crippen molar-refractivity contribution >= 4 is 23.5 Å². The zero-order valence-electron chi connectivity index (χ0n) is 11.3. The molecule has 0 aromatic heterocycles. The van der Waals surface area contributed by atoms with Gasteiger partial charge in [-0.15, -0.1) is 0 Å². The number of phenolic OH excluding ortho intramolecular Hbond substituents is 1. The van der Waals surface area contributed by atoms with Crippen molar-refractivity contribution < 1.29 is 19.4 Å². The molecule has 0 bridgehead atoms. The number of carbonyl (C=O) groups excluding carboxylic acids is 1. The lowest BCUT2D eigenvalue weighted by Crippen LogP contribution is -1.93. The second-order valence-electron chi connectivity index (χ2n) is 4.59. The standard InChI is InChI=1S/C16H13NO4/c1-20-13-4-2-3-11-15(13)14(21-16(11)19)8-9-7-10(18)5-6-12(9)17/h2-8,18H,17H2,1H3/b14-8+. The molecule has 1 heterocycles. The third-order valence-corrected chi connectivity index (χ3v) is 3.27. The number of anilines is 1. The van der Waals surface area contributed by atoms with Gasteiger partial charge in [-0.3, -0.25) is 0 Å². The number of aromatic hydroxyl groups is 1. The van der Waals surface area contributed by atoms with Crippen molar-refractivity contribution in [1.29, 1.82) is 0 Å². The van der Waals surface area contributed by atoms with Crippen LogP contribution < -0.4 is 10.5 Å². The van der Waals surface area contributed by atoms with Crippen LogP contribution in [0.1, 0.15) is 21.5 Å². The summed E-state index contributed by atoms with van der Waals surface area (Å²) in [6.07, 6.45) is 1.61. The number of carbonyl (C=O) groups is 1. The van der Waals surface area contributed by atoms with Gasteiger partial charge in [-0.1, -0.05) is 6.07 Å². The van der Waals surface area contributed by atoms with Crippen LogP contribution in [-0.4, -0.2) is 18.2 Å². The molecule has 0 fully saturated rings. The summed E-state index contributed by atoms with van der Waals surface area (Å²) in [5.74, 6) is 0.544. The topological polar surface area (TPSA) is 81.8 Å². The molecule has 5 nitrogen and oxygen atoms in total. The van der Waals surface area contributed by atoms with Crippen molar-refractivity contribution in [2.24, 2.45) is 0 Å². The zero-order valence-corrected chi connectivity index (χ0v) is 11.3. The molecular formula is C16H13NO4. The van der Waals surface area contributed by atoms with Crippen LogP contribution in [0.2, 0.25) is 0 Å². The summed E-state index contributed by atoms with van der Waals surface area (Å²) in [5.41, 5.74) is 7.94. The lowest BCUT2D eigenvalue weighted by atomic mass is 10.0. The van der Waals surface area contributed by atoms with Crippen LogP contribution in [0.25, 0.3) is 11.8 Å². The minimum Gasteiger partial charge on any atom is -0.508 e. The molecule has 0 saturated carbocycles. The number of methoxy groups -OCH3 is 1. The van der Waals surface area contributed by atoms with Crippen molar-refractivity contribution in [3.8, 4) is 11.5 Å². The van der Waals surface area contributed by atoms with Gasteiger partial charge in [0, 0.05) is 11.3 Å². The van der Waals surface area contributed by atoms with Gasteiger partial charge in [-0.2, -0.15) is 0 Å². The molecule has 0 amide bonds. The predicted octanol–water partition coefficient (Wildman–Crippen LogP) is 2.65. The van der Waals surface area contributed by atoms with E-state index in [1.165, 1.54) is 19.2 Å². The fraction of sp³-hybridized carbons (Fsp3) is 0.0625. The summed E-state index contributed by atoms with van der Waals surface area (Å²) < 4.78 is 10.6. The van der Waals surface area contributed by atoms with Crippen molar-refractivity contribution in [1.82, 2.24) is 0 Å². The Kier molecular flexibility index (Phi) is 3.02. The first-order valence-corrected chi connectivity index (χ1v) is 6.30. The third kappa shape index (κ3) is 2.18. The summed E-state index contributed by atoms with van der Waals surface area (Å²) in [5, 5.41) is 9.54. The number of esters is 1. The largest absolute Gasteiger partial charge is 0.508 e. The van der Waals surface area contributed by atoms with Crippen LogP contribution in [0.3, 0.4) is 0 Å². The van der Waals surface area contributed by atoms with E-state index >= 15 is 0 Å². The SMILES string of the molecule is COc1cccc2c1/C(=C\c1cc(O)ccc1N)OC2=O. The summed E-state index contributed by atoms with van der Waals surface area (Å²) in [6, 6.07) is 9.73. The molecule has 0 atom stereocenters. The quantitative estimate of drug-likeness (QED) is 0.503. The molecule has 1 aliphatic rings. The summed E-state index contributed by atoms with van der Waals surface area (Å²) in [6.45, 7) is 0. The Morgan fingerprint density at radius 3 is 2.86 bits per heavy atom. The van der Waals surface area contributed by atoms with E-state index < -0.39 is 5.97 Å². The highest BCUT2D eigenvalue weighted by atomic mass is 16.5. The number of rotatable bonds is 2. The van der Waals surface area contributed by atoms with Crippen LogP contribution in [0.5, 0.6) is 11.5 Å². The maximum atomic E-state index is 11.9. The Hall–Kier alpha value is -2.95. The van der Waals surface area contributed by atoms with Crippen molar-refractivity contribution in [3.63, 3.8) is 0 Å². The molecule has 106 valence electrons. The van der Waals surface area contributed by atoms with Gasteiger partial charge in [0.05, 0.1) is 18.2 Å². The molecule has 2 aromatic rings.